The minimum Gasteiger partial charge on any atom is -0.229 e. The summed E-state index contributed by atoms with van der Waals surface area (Å²) in [6.07, 6.45) is 1.70. The fourth-order valence-corrected chi connectivity index (χ4v) is 4.11. The van der Waals surface area contributed by atoms with Crippen molar-refractivity contribution in [2.24, 2.45) is 5.92 Å². The maximum Gasteiger partial charge on any atom is 0.150 e. The molecule has 1 unspecified atom stereocenters. The number of sulfone groups is 1. The van der Waals surface area contributed by atoms with Crippen LogP contribution in [0.3, 0.4) is 0 Å². The first-order valence-electron chi connectivity index (χ1n) is 5.00. The molecule has 0 radical (unpaired) electrons. The van der Waals surface area contributed by atoms with Crippen LogP contribution in [-0.2, 0) is 16.3 Å². The van der Waals surface area contributed by atoms with E-state index in [1.807, 2.05) is 12.1 Å². The summed E-state index contributed by atoms with van der Waals surface area (Å²) in [5.41, 5.74) is 1.22. The Balaban J connectivity index is 2.02. The van der Waals surface area contributed by atoms with E-state index in [4.69, 9.17) is 0 Å². The van der Waals surface area contributed by atoms with Crippen molar-refractivity contribution >= 4 is 25.8 Å². The summed E-state index contributed by atoms with van der Waals surface area (Å²) in [7, 11) is -2.73. The molecule has 0 aromatic heterocycles. The fraction of sp³-hybridized carbons (Fsp3) is 0.455. The lowest BCUT2D eigenvalue weighted by Crippen LogP contribution is -2.07. The summed E-state index contributed by atoms with van der Waals surface area (Å²) in [4.78, 5) is 0. The van der Waals surface area contributed by atoms with E-state index >= 15 is 0 Å². The zero-order valence-electron chi connectivity index (χ0n) is 8.32. The monoisotopic (exact) mass is 288 g/mol. The molecule has 1 saturated heterocycles. The summed E-state index contributed by atoms with van der Waals surface area (Å²) in [5.74, 6) is 1.05. The lowest BCUT2D eigenvalue weighted by molar-refractivity contribution is 0.583. The van der Waals surface area contributed by atoms with Gasteiger partial charge in [0.05, 0.1) is 11.5 Å². The van der Waals surface area contributed by atoms with E-state index in [9.17, 15) is 8.42 Å². The molecule has 1 aliphatic rings. The van der Waals surface area contributed by atoms with Crippen LogP contribution in [0.2, 0.25) is 0 Å². The van der Waals surface area contributed by atoms with Crippen molar-refractivity contribution in [3.63, 3.8) is 0 Å². The topological polar surface area (TPSA) is 34.1 Å². The van der Waals surface area contributed by atoms with Crippen LogP contribution in [0.25, 0.3) is 0 Å². The van der Waals surface area contributed by atoms with Crippen LogP contribution in [0, 0.1) is 5.92 Å². The summed E-state index contributed by atoms with van der Waals surface area (Å²) in [6.45, 7) is 0. The molecule has 0 bridgehead atoms. The van der Waals surface area contributed by atoms with Crippen LogP contribution in [0.4, 0.5) is 0 Å². The Hall–Kier alpha value is -0.350. The Labute approximate surface area is 98.7 Å². The van der Waals surface area contributed by atoms with Crippen molar-refractivity contribution in [2.75, 3.05) is 11.5 Å². The Kier molecular flexibility index (Phi) is 3.16. The molecule has 82 valence electrons. The van der Waals surface area contributed by atoms with Gasteiger partial charge >= 0.3 is 0 Å². The minimum absolute atomic E-state index is 0.316. The Bertz CT molecular complexity index is 436. The first-order valence-corrected chi connectivity index (χ1v) is 7.61. The summed E-state index contributed by atoms with van der Waals surface area (Å²) in [6, 6.07) is 8.10. The average Bonchev–Trinajstić information content (AvgIpc) is 2.50. The zero-order valence-corrected chi connectivity index (χ0v) is 10.7. The molecular weight excluding hydrogens is 276 g/mol. The molecule has 4 heteroatoms. The highest BCUT2D eigenvalue weighted by Gasteiger charge is 2.27. The van der Waals surface area contributed by atoms with Crippen molar-refractivity contribution in [1.29, 1.82) is 0 Å². The van der Waals surface area contributed by atoms with Crippen LogP contribution in [-0.4, -0.2) is 19.9 Å². The second kappa shape index (κ2) is 4.26. The van der Waals surface area contributed by atoms with Gasteiger partial charge in [-0.1, -0.05) is 28.1 Å². The highest BCUT2D eigenvalue weighted by molar-refractivity contribution is 9.10. The number of hydrogen-bond acceptors (Lipinski definition) is 2. The minimum atomic E-state index is -2.73. The third kappa shape index (κ3) is 3.05. The molecule has 15 heavy (non-hydrogen) atoms. The van der Waals surface area contributed by atoms with Crippen LogP contribution in [0.1, 0.15) is 12.0 Å². The number of rotatable bonds is 2. The summed E-state index contributed by atoms with van der Waals surface area (Å²) < 4.78 is 23.6. The molecule has 1 heterocycles. The van der Waals surface area contributed by atoms with Gasteiger partial charge in [-0.05, 0) is 36.5 Å². The number of benzene rings is 1. The smallest absolute Gasteiger partial charge is 0.150 e. The van der Waals surface area contributed by atoms with E-state index in [-0.39, 0.29) is 0 Å². The molecule has 1 atom stereocenters. The van der Waals surface area contributed by atoms with E-state index in [0.29, 0.717) is 17.4 Å². The lowest BCUT2D eigenvalue weighted by atomic mass is 9.99. The molecule has 0 aliphatic carbocycles. The molecule has 0 N–H and O–H groups in total. The lowest BCUT2D eigenvalue weighted by Gasteiger charge is -2.07. The molecule has 1 aliphatic heterocycles. The van der Waals surface area contributed by atoms with Gasteiger partial charge in [0.2, 0.25) is 0 Å². The normalized spacial score (nSPS) is 24.2. The van der Waals surface area contributed by atoms with E-state index in [0.717, 1.165) is 17.3 Å². The van der Waals surface area contributed by atoms with Gasteiger partial charge in [-0.3, -0.25) is 0 Å². The van der Waals surface area contributed by atoms with Crippen LogP contribution < -0.4 is 0 Å². The van der Waals surface area contributed by atoms with Crippen LogP contribution >= 0.6 is 15.9 Å². The van der Waals surface area contributed by atoms with Crippen molar-refractivity contribution in [3.05, 3.63) is 34.3 Å². The average molecular weight is 289 g/mol. The zero-order chi connectivity index (χ0) is 10.9. The Morgan fingerprint density at radius 1 is 1.27 bits per heavy atom. The van der Waals surface area contributed by atoms with E-state index in [1.165, 1.54) is 5.56 Å². The third-order valence-electron chi connectivity index (χ3n) is 2.76. The molecule has 1 aromatic rings. The van der Waals surface area contributed by atoms with Crippen molar-refractivity contribution in [1.82, 2.24) is 0 Å². The first-order chi connectivity index (χ1) is 7.05. The SMILES string of the molecule is O=S1(=O)CCC(Cc2ccc(Br)cc2)C1. The van der Waals surface area contributed by atoms with Gasteiger partial charge in [0.15, 0.2) is 9.84 Å². The first kappa shape index (κ1) is 11.1. The molecule has 2 nitrogen and oxygen atoms in total. The molecule has 2 rings (SSSR count). The van der Waals surface area contributed by atoms with Gasteiger partial charge in [-0.15, -0.1) is 0 Å². The van der Waals surface area contributed by atoms with Gasteiger partial charge in [0.25, 0.3) is 0 Å². The van der Waals surface area contributed by atoms with Gasteiger partial charge in [-0.25, -0.2) is 8.42 Å². The molecule has 0 amide bonds. The number of halogens is 1. The van der Waals surface area contributed by atoms with E-state index in [1.54, 1.807) is 0 Å². The molecule has 0 spiro atoms. The van der Waals surface area contributed by atoms with Crippen LogP contribution in [0.15, 0.2) is 28.7 Å². The maximum absolute atomic E-state index is 11.3. The number of hydrogen-bond donors (Lipinski definition) is 0. The van der Waals surface area contributed by atoms with Crippen molar-refractivity contribution in [2.45, 2.75) is 12.8 Å². The van der Waals surface area contributed by atoms with Gasteiger partial charge in [-0.2, -0.15) is 0 Å². The quantitative estimate of drug-likeness (QED) is 0.838. The fourth-order valence-electron chi connectivity index (χ4n) is 1.99. The predicted octanol–water partition coefficient (Wildman–Crippen LogP) is 2.43. The third-order valence-corrected chi connectivity index (χ3v) is 5.13. The molecule has 1 aromatic carbocycles. The summed E-state index contributed by atoms with van der Waals surface area (Å²) in [5, 5.41) is 0. The van der Waals surface area contributed by atoms with Crippen molar-refractivity contribution in [3.8, 4) is 0 Å². The molecule has 0 saturated carbocycles. The largest absolute Gasteiger partial charge is 0.229 e. The molecule has 1 fully saturated rings. The van der Waals surface area contributed by atoms with Crippen LogP contribution in [0.5, 0.6) is 0 Å². The second-order valence-electron chi connectivity index (χ2n) is 4.10. The van der Waals surface area contributed by atoms with Crippen molar-refractivity contribution < 1.29 is 8.42 Å². The Morgan fingerprint density at radius 3 is 2.47 bits per heavy atom. The van der Waals surface area contributed by atoms with E-state index in [2.05, 4.69) is 28.1 Å². The van der Waals surface area contributed by atoms with Gasteiger partial charge < -0.3 is 0 Å². The van der Waals surface area contributed by atoms with E-state index < -0.39 is 9.84 Å². The standard InChI is InChI=1S/C11H13BrO2S/c12-11-3-1-9(2-4-11)7-10-5-6-15(13,14)8-10/h1-4,10H,5-8H2. The maximum atomic E-state index is 11.3. The second-order valence-corrected chi connectivity index (χ2v) is 7.24. The van der Waals surface area contributed by atoms with Gasteiger partial charge in [0.1, 0.15) is 0 Å². The predicted molar refractivity (Wildman–Crippen MR) is 64.6 cm³/mol. The Morgan fingerprint density at radius 2 is 1.93 bits per heavy atom. The highest BCUT2D eigenvalue weighted by Crippen LogP contribution is 2.23. The highest BCUT2D eigenvalue weighted by atomic mass is 79.9. The summed E-state index contributed by atoms with van der Waals surface area (Å²) >= 11 is 3.38. The molecular formula is C11H13BrO2S. The van der Waals surface area contributed by atoms with Gasteiger partial charge in [0, 0.05) is 4.47 Å².